The first-order chi connectivity index (χ1) is 12.9. The molecule has 0 unspecified atom stereocenters. The molecule has 7 heteroatoms. The molecule has 1 saturated carbocycles. The van der Waals surface area contributed by atoms with Crippen molar-refractivity contribution >= 4 is 11.8 Å². The minimum atomic E-state index is -0.131. The van der Waals surface area contributed by atoms with E-state index >= 15 is 0 Å². The van der Waals surface area contributed by atoms with Crippen LogP contribution in [-0.2, 0) is 22.6 Å². The SMILES string of the molecule is CCOc1cc2c(cc1CNC(=O)CN(C)CC(=O)NC1CC1)O[C@@H](C)C2. The Morgan fingerprint density at radius 3 is 2.70 bits per heavy atom. The van der Waals surface area contributed by atoms with Crippen LogP contribution < -0.4 is 20.1 Å². The summed E-state index contributed by atoms with van der Waals surface area (Å²) in [6.45, 7) is 5.29. The van der Waals surface area contributed by atoms with E-state index in [-0.39, 0.29) is 31.0 Å². The van der Waals surface area contributed by atoms with Crippen molar-refractivity contribution in [2.24, 2.45) is 0 Å². The molecule has 1 aromatic rings. The molecule has 1 aliphatic carbocycles. The van der Waals surface area contributed by atoms with Crippen LogP contribution in [0.3, 0.4) is 0 Å². The van der Waals surface area contributed by atoms with Gasteiger partial charge in [0.2, 0.25) is 11.8 Å². The Morgan fingerprint density at radius 2 is 2.00 bits per heavy atom. The molecule has 148 valence electrons. The second kappa shape index (κ2) is 8.61. The molecule has 0 bridgehead atoms. The molecule has 0 spiro atoms. The zero-order valence-electron chi connectivity index (χ0n) is 16.3. The smallest absolute Gasteiger partial charge is 0.234 e. The molecule has 1 aliphatic heterocycles. The first kappa shape index (κ1) is 19.5. The molecule has 2 N–H and O–H groups in total. The van der Waals surface area contributed by atoms with Crippen LogP contribution in [0.1, 0.15) is 37.8 Å². The summed E-state index contributed by atoms with van der Waals surface area (Å²) in [5.41, 5.74) is 2.04. The van der Waals surface area contributed by atoms with Crippen molar-refractivity contribution in [1.82, 2.24) is 15.5 Å². The van der Waals surface area contributed by atoms with Gasteiger partial charge in [0.1, 0.15) is 17.6 Å². The van der Waals surface area contributed by atoms with Crippen molar-refractivity contribution < 1.29 is 19.1 Å². The highest BCUT2D eigenvalue weighted by Gasteiger charge is 2.24. The Hall–Kier alpha value is -2.28. The number of rotatable bonds is 9. The Morgan fingerprint density at radius 1 is 1.26 bits per heavy atom. The van der Waals surface area contributed by atoms with Gasteiger partial charge in [-0.1, -0.05) is 0 Å². The van der Waals surface area contributed by atoms with Crippen molar-refractivity contribution in [3.05, 3.63) is 23.3 Å². The van der Waals surface area contributed by atoms with Gasteiger partial charge in [-0.05, 0) is 45.9 Å². The topological polar surface area (TPSA) is 79.9 Å². The van der Waals surface area contributed by atoms with E-state index < -0.39 is 0 Å². The highest BCUT2D eigenvalue weighted by atomic mass is 16.5. The van der Waals surface area contributed by atoms with Gasteiger partial charge in [-0.15, -0.1) is 0 Å². The lowest BCUT2D eigenvalue weighted by Gasteiger charge is -2.17. The number of hydrogen-bond acceptors (Lipinski definition) is 5. The molecule has 1 atom stereocenters. The summed E-state index contributed by atoms with van der Waals surface area (Å²) in [4.78, 5) is 25.8. The molecular weight excluding hydrogens is 346 g/mol. The molecule has 1 fully saturated rings. The van der Waals surface area contributed by atoms with Crippen LogP contribution in [0.2, 0.25) is 0 Å². The second-order valence-corrected chi connectivity index (χ2v) is 7.42. The number of carbonyl (C=O) groups excluding carboxylic acids is 2. The van der Waals surface area contributed by atoms with Crippen molar-refractivity contribution in [3.8, 4) is 11.5 Å². The summed E-state index contributed by atoms with van der Waals surface area (Å²) in [5, 5.41) is 5.83. The summed E-state index contributed by atoms with van der Waals surface area (Å²) in [5.74, 6) is 1.49. The number of ether oxygens (including phenoxy) is 2. The number of amides is 2. The molecule has 0 saturated heterocycles. The van der Waals surface area contributed by atoms with Crippen LogP contribution in [0.5, 0.6) is 11.5 Å². The molecule has 1 aromatic carbocycles. The van der Waals surface area contributed by atoms with E-state index in [2.05, 4.69) is 10.6 Å². The summed E-state index contributed by atoms with van der Waals surface area (Å²) in [6, 6.07) is 4.30. The van der Waals surface area contributed by atoms with Crippen molar-refractivity contribution in [2.75, 3.05) is 26.7 Å². The molecule has 2 aliphatic rings. The van der Waals surface area contributed by atoms with Crippen LogP contribution >= 0.6 is 0 Å². The van der Waals surface area contributed by atoms with Gasteiger partial charge in [-0.25, -0.2) is 0 Å². The van der Waals surface area contributed by atoms with Crippen LogP contribution in [0.15, 0.2) is 12.1 Å². The fraction of sp³-hybridized carbons (Fsp3) is 0.600. The quantitative estimate of drug-likeness (QED) is 0.679. The molecule has 1 heterocycles. The molecule has 0 radical (unpaired) electrons. The first-order valence-corrected chi connectivity index (χ1v) is 9.64. The summed E-state index contributed by atoms with van der Waals surface area (Å²) >= 11 is 0. The van der Waals surface area contributed by atoms with Crippen LogP contribution in [0, 0.1) is 0 Å². The monoisotopic (exact) mass is 375 g/mol. The van der Waals surface area contributed by atoms with Crippen LogP contribution in [-0.4, -0.2) is 55.6 Å². The minimum absolute atomic E-state index is 0.0312. The fourth-order valence-corrected chi connectivity index (χ4v) is 3.21. The van der Waals surface area contributed by atoms with Gasteiger partial charge in [0, 0.05) is 30.1 Å². The number of fused-ring (bicyclic) bond motifs is 1. The first-order valence-electron chi connectivity index (χ1n) is 9.64. The molecular formula is C20H29N3O4. The van der Waals surface area contributed by atoms with Gasteiger partial charge in [0.25, 0.3) is 0 Å². The standard InChI is InChI=1S/C20H29N3O4/c1-4-26-17-8-14-7-13(2)27-18(14)9-15(17)10-21-19(24)11-23(3)12-20(25)22-16-5-6-16/h8-9,13,16H,4-7,10-12H2,1-3H3,(H,21,24)(H,22,25)/t13-/m0/s1. The summed E-state index contributed by atoms with van der Waals surface area (Å²) < 4.78 is 11.5. The molecule has 27 heavy (non-hydrogen) atoms. The molecule has 7 nitrogen and oxygen atoms in total. The predicted octanol–water partition coefficient (Wildman–Crippen LogP) is 1.24. The third kappa shape index (κ3) is 5.60. The van der Waals surface area contributed by atoms with Gasteiger partial charge in [-0.3, -0.25) is 14.5 Å². The van der Waals surface area contributed by atoms with Gasteiger partial charge >= 0.3 is 0 Å². The maximum absolute atomic E-state index is 12.2. The summed E-state index contributed by atoms with van der Waals surface area (Å²) in [7, 11) is 1.77. The highest BCUT2D eigenvalue weighted by Crippen LogP contribution is 2.35. The Bertz CT molecular complexity index is 703. The molecule has 3 rings (SSSR count). The zero-order chi connectivity index (χ0) is 19.4. The Labute approximate surface area is 160 Å². The third-order valence-corrected chi connectivity index (χ3v) is 4.62. The van der Waals surface area contributed by atoms with Crippen LogP contribution in [0.4, 0.5) is 0 Å². The highest BCUT2D eigenvalue weighted by molar-refractivity contribution is 5.81. The fourth-order valence-electron chi connectivity index (χ4n) is 3.21. The van der Waals surface area contributed by atoms with E-state index in [1.807, 2.05) is 26.0 Å². The van der Waals surface area contributed by atoms with E-state index in [0.717, 1.165) is 41.9 Å². The van der Waals surface area contributed by atoms with Crippen molar-refractivity contribution in [2.45, 2.75) is 51.8 Å². The number of benzene rings is 1. The maximum Gasteiger partial charge on any atom is 0.234 e. The van der Waals surface area contributed by atoms with Gasteiger partial charge in [0.15, 0.2) is 0 Å². The summed E-state index contributed by atoms with van der Waals surface area (Å²) in [6.07, 6.45) is 3.15. The van der Waals surface area contributed by atoms with Crippen molar-refractivity contribution in [1.29, 1.82) is 0 Å². The van der Waals surface area contributed by atoms with E-state index in [9.17, 15) is 9.59 Å². The lowest BCUT2D eigenvalue weighted by Crippen LogP contribution is -2.41. The van der Waals surface area contributed by atoms with Gasteiger partial charge < -0.3 is 20.1 Å². The lowest BCUT2D eigenvalue weighted by molar-refractivity contribution is -0.124. The van der Waals surface area contributed by atoms with Crippen molar-refractivity contribution in [3.63, 3.8) is 0 Å². The number of carbonyl (C=O) groups is 2. The van der Waals surface area contributed by atoms with E-state index in [0.29, 0.717) is 19.2 Å². The van der Waals surface area contributed by atoms with E-state index in [1.165, 1.54) is 0 Å². The average molecular weight is 375 g/mol. The van der Waals surface area contributed by atoms with E-state index in [1.54, 1.807) is 11.9 Å². The number of likely N-dealkylation sites (N-methyl/N-ethyl adjacent to an activating group) is 1. The number of hydrogen-bond donors (Lipinski definition) is 2. The lowest BCUT2D eigenvalue weighted by atomic mass is 10.1. The Balaban J connectivity index is 1.51. The molecule has 2 amide bonds. The maximum atomic E-state index is 12.2. The van der Waals surface area contributed by atoms with Gasteiger partial charge in [0.05, 0.1) is 19.7 Å². The van der Waals surface area contributed by atoms with E-state index in [4.69, 9.17) is 9.47 Å². The largest absolute Gasteiger partial charge is 0.494 e. The Kier molecular flexibility index (Phi) is 6.21. The van der Waals surface area contributed by atoms with Crippen LogP contribution in [0.25, 0.3) is 0 Å². The normalized spacial score (nSPS) is 18.0. The minimum Gasteiger partial charge on any atom is -0.494 e. The average Bonchev–Trinajstić information content (AvgIpc) is 3.31. The third-order valence-electron chi connectivity index (χ3n) is 4.62. The van der Waals surface area contributed by atoms with Gasteiger partial charge in [-0.2, -0.15) is 0 Å². The predicted molar refractivity (Wildman–Crippen MR) is 102 cm³/mol. The number of nitrogens with one attached hydrogen (secondary N) is 2. The second-order valence-electron chi connectivity index (χ2n) is 7.42. The zero-order valence-corrected chi connectivity index (χ0v) is 16.3. The molecule has 0 aromatic heterocycles. The number of nitrogens with zero attached hydrogens (tertiary/aromatic N) is 1.